The number of esters is 1. The van der Waals surface area contributed by atoms with Crippen LogP contribution in [0.5, 0.6) is 0 Å². The van der Waals surface area contributed by atoms with Gasteiger partial charge in [0, 0.05) is 6.42 Å². The van der Waals surface area contributed by atoms with Gasteiger partial charge in [0.25, 0.3) is 0 Å². The second kappa shape index (κ2) is 10.5. The largest absolute Gasteiger partial charge is 0.462 e. The average Bonchev–Trinajstić information content (AvgIpc) is 2.45. The molecule has 0 aromatic rings. The van der Waals surface area contributed by atoms with Gasteiger partial charge in [0.05, 0.1) is 5.92 Å². The fourth-order valence-corrected chi connectivity index (χ4v) is 4.02. The minimum Gasteiger partial charge on any atom is -0.462 e. The Morgan fingerprint density at radius 1 is 1.22 bits per heavy atom. The summed E-state index contributed by atoms with van der Waals surface area (Å²) in [5, 5.41) is 0. The summed E-state index contributed by atoms with van der Waals surface area (Å²) < 4.78 is 5.81. The molecule has 0 spiro atoms. The lowest BCUT2D eigenvalue weighted by atomic mass is 9.75. The maximum absolute atomic E-state index is 12.6. The zero-order chi connectivity index (χ0) is 17.4. The lowest BCUT2D eigenvalue weighted by molar-refractivity contribution is -0.162. The van der Waals surface area contributed by atoms with Crippen LogP contribution in [-0.2, 0) is 14.3 Å². The van der Waals surface area contributed by atoms with E-state index in [9.17, 15) is 9.59 Å². The summed E-state index contributed by atoms with van der Waals surface area (Å²) >= 11 is 2.98. The van der Waals surface area contributed by atoms with Crippen molar-refractivity contribution < 1.29 is 14.3 Å². The van der Waals surface area contributed by atoms with Crippen LogP contribution in [-0.4, -0.2) is 16.8 Å². The first-order chi connectivity index (χ1) is 10.8. The van der Waals surface area contributed by atoms with Gasteiger partial charge in [-0.25, -0.2) is 0 Å². The highest BCUT2D eigenvalue weighted by Crippen LogP contribution is 2.36. The summed E-state index contributed by atoms with van der Waals surface area (Å²) in [6, 6.07) is 0. The van der Waals surface area contributed by atoms with Gasteiger partial charge in [-0.1, -0.05) is 53.4 Å². The van der Waals surface area contributed by atoms with Crippen molar-refractivity contribution in [3.63, 3.8) is 0 Å². The molecule has 4 atom stereocenters. The first kappa shape index (κ1) is 20.7. The molecule has 0 aromatic carbocycles. The molecule has 0 aromatic heterocycles. The highest BCUT2D eigenvalue weighted by molar-refractivity contribution is 9.18. The van der Waals surface area contributed by atoms with Crippen LogP contribution in [0.4, 0.5) is 0 Å². The summed E-state index contributed by atoms with van der Waals surface area (Å²) in [5.41, 5.74) is 0. The van der Waals surface area contributed by atoms with Gasteiger partial charge in [-0.2, -0.15) is 0 Å². The molecule has 1 aliphatic carbocycles. The van der Waals surface area contributed by atoms with Crippen molar-refractivity contribution in [2.24, 2.45) is 23.7 Å². The van der Waals surface area contributed by atoms with Crippen LogP contribution >= 0.6 is 15.9 Å². The van der Waals surface area contributed by atoms with Crippen LogP contribution < -0.4 is 0 Å². The third kappa shape index (κ3) is 7.36. The molecule has 0 heterocycles. The molecule has 0 aliphatic heterocycles. The smallest absolute Gasteiger partial charge is 0.309 e. The summed E-state index contributed by atoms with van der Waals surface area (Å²) in [4.78, 5) is 24.0. The highest BCUT2D eigenvalue weighted by Gasteiger charge is 2.35. The fourth-order valence-electron chi connectivity index (χ4n) is 3.63. The number of carbonyl (C=O) groups excluding carboxylic acids is 2. The molecule has 0 N–H and O–H groups in total. The van der Waals surface area contributed by atoms with Gasteiger partial charge < -0.3 is 4.74 Å². The second-order valence-electron chi connectivity index (χ2n) is 7.55. The van der Waals surface area contributed by atoms with Crippen molar-refractivity contribution in [2.75, 3.05) is 0 Å². The topological polar surface area (TPSA) is 43.4 Å². The van der Waals surface area contributed by atoms with E-state index < -0.39 is 0 Å². The van der Waals surface area contributed by atoms with Crippen molar-refractivity contribution in [2.45, 2.75) is 85.2 Å². The summed E-state index contributed by atoms with van der Waals surface area (Å²) in [6.45, 7) is 8.79. The number of carbonyl (C=O) groups is 2. The molecule has 3 nitrogen and oxygen atoms in total. The predicted octanol–water partition coefficient (Wildman–Crippen LogP) is 5.50. The zero-order valence-electron chi connectivity index (χ0n) is 15.1. The van der Waals surface area contributed by atoms with E-state index in [0.29, 0.717) is 17.8 Å². The van der Waals surface area contributed by atoms with Gasteiger partial charge in [-0.05, 0) is 52.9 Å². The minimum atomic E-state index is -0.293. The van der Waals surface area contributed by atoms with Crippen molar-refractivity contribution in [3.8, 4) is 0 Å². The standard InChI is InChI=1S/C19H33BrO3/c1-5-6-7-8-15(12-18(20)21)19(22)23-17-11-14(4)9-10-16(17)13(2)3/h13-17H,5-12H2,1-4H3/t14-,15+,16+,17-/m1/s1. The second-order valence-corrected chi connectivity index (χ2v) is 8.44. The summed E-state index contributed by atoms with van der Waals surface area (Å²) in [5.74, 6) is 1.12. The number of ether oxygens (including phenoxy) is 1. The van der Waals surface area contributed by atoms with E-state index in [4.69, 9.17) is 4.74 Å². The molecule has 4 heteroatoms. The Balaban J connectivity index is 2.67. The van der Waals surface area contributed by atoms with Crippen LogP contribution in [0, 0.1) is 23.7 Å². The zero-order valence-corrected chi connectivity index (χ0v) is 16.7. The Labute approximate surface area is 150 Å². The van der Waals surface area contributed by atoms with Gasteiger partial charge in [-0.15, -0.1) is 0 Å². The number of hydrogen-bond acceptors (Lipinski definition) is 3. The predicted molar refractivity (Wildman–Crippen MR) is 97.4 cm³/mol. The third-order valence-electron chi connectivity index (χ3n) is 5.13. The fraction of sp³-hybridized carbons (Fsp3) is 0.895. The maximum Gasteiger partial charge on any atom is 0.309 e. The first-order valence-electron chi connectivity index (χ1n) is 9.23. The van der Waals surface area contributed by atoms with Crippen LogP contribution in [0.1, 0.15) is 79.1 Å². The van der Waals surface area contributed by atoms with Crippen molar-refractivity contribution in [3.05, 3.63) is 0 Å². The molecule has 134 valence electrons. The molecule has 0 amide bonds. The van der Waals surface area contributed by atoms with Crippen LogP contribution in [0.25, 0.3) is 0 Å². The van der Waals surface area contributed by atoms with Crippen LogP contribution in [0.3, 0.4) is 0 Å². The SMILES string of the molecule is CCCCC[C@@H](CC(=O)Br)C(=O)O[C@@H]1C[C@H](C)CC[C@H]1C(C)C. The van der Waals surface area contributed by atoms with E-state index >= 15 is 0 Å². The van der Waals surface area contributed by atoms with E-state index in [1.165, 1.54) is 6.42 Å². The molecular weight excluding hydrogens is 356 g/mol. The Kier molecular flexibility index (Phi) is 9.41. The van der Waals surface area contributed by atoms with Crippen molar-refractivity contribution in [1.29, 1.82) is 0 Å². The third-order valence-corrected chi connectivity index (χ3v) is 5.45. The van der Waals surface area contributed by atoms with Gasteiger partial charge in [0.2, 0.25) is 0 Å². The minimum absolute atomic E-state index is 0.0188. The van der Waals surface area contributed by atoms with Gasteiger partial charge >= 0.3 is 5.97 Å². The lowest BCUT2D eigenvalue weighted by Gasteiger charge is -2.37. The number of rotatable bonds is 9. The quantitative estimate of drug-likeness (QED) is 0.297. The molecule has 1 aliphatic rings. The Bertz CT molecular complexity index is 381. The molecule has 0 saturated heterocycles. The molecule has 1 fully saturated rings. The van der Waals surface area contributed by atoms with Crippen LogP contribution in [0.15, 0.2) is 0 Å². The Morgan fingerprint density at radius 3 is 2.48 bits per heavy atom. The van der Waals surface area contributed by atoms with Crippen LogP contribution in [0.2, 0.25) is 0 Å². The lowest BCUT2D eigenvalue weighted by Crippen LogP contribution is -2.37. The Hall–Kier alpha value is -0.380. The summed E-state index contributed by atoms with van der Waals surface area (Å²) in [7, 11) is 0. The molecule has 0 unspecified atom stereocenters. The van der Waals surface area contributed by atoms with E-state index in [2.05, 4.69) is 43.6 Å². The number of unbranched alkanes of at least 4 members (excludes halogenated alkanes) is 2. The molecular formula is C19H33BrO3. The number of halogens is 1. The van der Waals surface area contributed by atoms with Crippen molar-refractivity contribution >= 4 is 26.6 Å². The molecule has 23 heavy (non-hydrogen) atoms. The monoisotopic (exact) mass is 388 g/mol. The summed E-state index contributed by atoms with van der Waals surface area (Å²) in [6.07, 6.45) is 7.50. The van der Waals surface area contributed by atoms with E-state index in [1.54, 1.807) is 0 Å². The van der Waals surface area contributed by atoms with Gasteiger partial charge in [0.15, 0.2) is 4.69 Å². The van der Waals surface area contributed by atoms with Gasteiger partial charge in [-0.3, -0.25) is 9.59 Å². The van der Waals surface area contributed by atoms with Gasteiger partial charge in [0.1, 0.15) is 6.10 Å². The van der Waals surface area contributed by atoms with Crippen molar-refractivity contribution in [1.82, 2.24) is 0 Å². The average molecular weight is 389 g/mol. The van der Waals surface area contributed by atoms with E-state index in [0.717, 1.165) is 38.5 Å². The molecule has 0 bridgehead atoms. The number of hydrogen-bond donors (Lipinski definition) is 0. The normalized spacial score (nSPS) is 26.1. The first-order valence-corrected chi connectivity index (χ1v) is 10.0. The maximum atomic E-state index is 12.6. The highest BCUT2D eigenvalue weighted by atomic mass is 79.9. The van der Waals surface area contributed by atoms with E-state index in [1.807, 2.05) is 0 Å². The van der Waals surface area contributed by atoms with E-state index in [-0.39, 0.29) is 29.1 Å². The Morgan fingerprint density at radius 2 is 1.91 bits per heavy atom. The molecule has 0 radical (unpaired) electrons. The molecule has 1 rings (SSSR count). The molecule has 1 saturated carbocycles.